The summed E-state index contributed by atoms with van der Waals surface area (Å²) < 4.78 is 7.44. The van der Waals surface area contributed by atoms with Crippen LogP contribution in [0.25, 0.3) is 11.6 Å². The zero-order valence-electron chi connectivity index (χ0n) is 12.2. The van der Waals surface area contributed by atoms with Gasteiger partial charge in [-0.25, -0.2) is 0 Å². The van der Waals surface area contributed by atoms with E-state index < -0.39 is 0 Å². The van der Waals surface area contributed by atoms with Crippen LogP contribution in [0.4, 0.5) is 0 Å². The zero-order chi connectivity index (χ0) is 15.4. The third-order valence-corrected chi connectivity index (χ3v) is 4.34. The second kappa shape index (κ2) is 6.62. The van der Waals surface area contributed by atoms with Crippen LogP contribution in [0.5, 0.6) is 0 Å². The summed E-state index contributed by atoms with van der Waals surface area (Å²) >= 11 is 1.64. The van der Waals surface area contributed by atoms with Crippen molar-refractivity contribution in [3.63, 3.8) is 0 Å². The summed E-state index contributed by atoms with van der Waals surface area (Å²) in [4.78, 5) is 4.16. The number of thioether (sulfide) groups is 1. The predicted octanol–water partition coefficient (Wildman–Crippen LogP) is 3.97. The van der Waals surface area contributed by atoms with Crippen LogP contribution in [0.15, 0.2) is 65.2 Å². The topological polar surface area (TPSA) is 56.7 Å². The standard InChI is InChI=1S/C16H16N4OS/c1-3-9-20-15(14-7-5-10-21-14)18-19-16(20)22-12(2)13-6-4-8-17-11-13/h3-8,10-12H,1,9H2,2H3. The van der Waals surface area contributed by atoms with E-state index in [0.29, 0.717) is 18.1 Å². The van der Waals surface area contributed by atoms with Crippen LogP contribution in [0.1, 0.15) is 17.7 Å². The van der Waals surface area contributed by atoms with Gasteiger partial charge in [0.05, 0.1) is 6.26 Å². The van der Waals surface area contributed by atoms with Gasteiger partial charge in [-0.15, -0.1) is 16.8 Å². The Labute approximate surface area is 133 Å². The van der Waals surface area contributed by atoms with E-state index in [1.54, 1.807) is 24.2 Å². The Morgan fingerprint density at radius 3 is 2.95 bits per heavy atom. The van der Waals surface area contributed by atoms with Gasteiger partial charge < -0.3 is 4.42 Å². The molecule has 6 heteroatoms. The fourth-order valence-corrected chi connectivity index (χ4v) is 3.07. The van der Waals surface area contributed by atoms with Crippen molar-refractivity contribution in [3.8, 4) is 11.6 Å². The van der Waals surface area contributed by atoms with Crippen molar-refractivity contribution in [2.75, 3.05) is 0 Å². The SMILES string of the molecule is C=CCn1c(SC(C)c2cccnc2)nnc1-c1ccco1. The molecule has 0 spiro atoms. The summed E-state index contributed by atoms with van der Waals surface area (Å²) in [6, 6.07) is 7.72. The Hall–Kier alpha value is -2.34. The van der Waals surface area contributed by atoms with Crippen LogP contribution in [-0.2, 0) is 6.54 Å². The summed E-state index contributed by atoms with van der Waals surface area (Å²) in [5.74, 6) is 1.42. The van der Waals surface area contributed by atoms with E-state index in [-0.39, 0.29) is 5.25 Å². The summed E-state index contributed by atoms with van der Waals surface area (Å²) in [7, 11) is 0. The Balaban J connectivity index is 1.89. The molecule has 3 aromatic rings. The first-order valence-corrected chi connectivity index (χ1v) is 7.82. The maximum absolute atomic E-state index is 5.43. The molecule has 3 aromatic heterocycles. The number of pyridine rings is 1. The molecule has 0 aromatic carbocycles. The average Bonchev–Trinajstić information content (AvgIpc) is 3.19. The molecule has 1 unspecified atom stereocenters. The predicted molar refractivity (Wildman–Crippen MR) is 86.4 cm³/mol. The Morgan fingerprint density at radius 1 is 1.36 bits per heavy atom. The van der Waals surface area contributed by atoms with E-state index in [1.165, 1.54) is 0 Å². The van der Waals surface area contributed by atoms with Gasteiger partial charge >= 0.3 is 0 Å². The van der Waals surface area contributed by atoms with Crippen molar-refractivity contribution in [2.45, 2.75) is 23.9 Å². The van der Waals surface area contributed by atoms with Gasteiger partial charge in [-0.05, 0) is 30.7 Å². The van der Waals surface area contributed by atoms with Crippen molar-refractivity contribution >= 4 is 11.8 Å². The molecule has 0 bridgehead atoms. The number of furan rings is 1. The summed E-state index contributed by atoms with van der Waals surface area (Å²) in [6.07, 6.45) is 7.11. The Morgan fingerprint density at radius 2 is 2.27 bits per heavy atom. The lowest BCUT2D eigenvalue weighted by atomic mass is 10.2. The summed E-state index contributed by atoms with van der Waals surface area (Å²) in [5, 5.41) is 9.63. The van der Waals surface area contributed by atoms with Crippen LogP contribution in [0.2, 0.25) is 0 Å². The van der Waals surface area contributed by atoms with E-state index in [1.807, 2.05) is 35.0 Å². The normalized spacial score (nSPS) is 12.2. The number of hydrogen-bond donors (Lipinski definition) is 0. The van der Waals surface area contributed by atoms with Crippen molar-refractivity contribution in [1.29, 1.82) is 0 Å². The monoisotopic (exact) mass is 312 g/mol. The van der Waals surface area contributed by atoms with E-state index in [4.69, 9.17) is 4.42 Å². The third-order valence-electron chi connectivity index (χ3n) is 3.21. The van der Waals surface area contributed by atoms with Crippen molar-refractivity contribution in [1.82, 2.24) is 19.7 Å². The molecule has 112 valence electrons. The molecular weight excluding hydrogens is 296 g/mol. The van der Waals surface area contributed by atoms with E-state index >= 15 is 0 Å². The summed E-state index contributed by atoms with van der Waals surface area (Å²) in [5.41, 5.74) is 1.15. The molecule has 0 aliphatic rings. The van der Waals surface area contributed by atoms with Gasteiger partial charge in [0, 0.05) is 24.2 Å². The molecule has 0 saturated heterocycles. The van der Waals surface area contributed by atoms with Gasteiger partial charge in [-0.2, -0.15) is 0 Å². The van der Waals surface area contributed by atoms with Gasteiger partial charge in [-0.1, -0.05) is 23.9 Å². The van der Waals surface area contributed by atoms with Crippen LogP contribution < -0.4 is 0 Å². The molecule has 22 heavy (non-hydrogen) atoms. The summed E-state index contributed by atoms with van der Waals surface area (Å²) in [6.45, 7) is 6.57. The largest absolute Gasteiger partial charge is 0.461 e. The minimum absolute atomic E-state index is 0.228. The first-order valence-electron chi connectivity index (χ1n) is 6.94. The molecule has 0 aliphatic carbocycles. The highest BCUT2D eigenvalue weighted by molar-refractivity contribution is 7.99. The molecule has 0 radical (unpaired) electrons. The molecular formula is C16H16N4OS. The second-order valence-corrected chi connectivity index (χ2v) is 6.04. The molecule has 3 rings (SSSR count). The highest BCUT2D eigenvalue weighted by atomic mass is 32.2. The number of hydrogen-bond acceptors (Lipinski definition) is 5. The fourth-order valence-electron chi connectivity index (χ4n) is 2.10. The van der Waals surface area contributed by atoms with Crippen LogP contribution >= 0.6 is 11.8 Å². The van der Waals surface area contributed by atoms with Gasteiger partial charge in [0.15, 0.2) is 10.9 Å². The first kappa shape index (κ1) is 14.6. The van der Waals surface area contributed by atoms with Crippen LogP contribution in [0, 0.1) is 0 Å². The molecule has 1 atom stereocenters. The third kappa shape index (κ3) is 2.96. The van der Waals surface area contributed by atoms with E-state index in [9.17, 15) is 0 Å². The molecule has 0 N–H and O–H groups in total. The molecule has 3 heterocycles. The number of nitrogens with zero attached hydrogens (tertiary/aromatic N) is 4. The quantitative estimate of drug-likeness (QED) is 0.509. The smallest absolute Gasteiger partial charge is 0.200 e. The number of aromatic nitrogens is 4. The van der Waals surface area contributed by atoms with Gasteiger partial charge in [0.2, 0.25) is 5.82 Å². The molecule has 5 nitrogen and oxygen atoms in total. The lowest BCUT2D eigenvalue weighted by Crippen LogP contribution is -2.01. The van der Waals surface area contributed by atoms with E-state index in [0.717, 1.165) is 10.7 Å². The highest BCUT2D eigenvalue weighted by Crippen LogP contribution is 2.35. The minimum Gasteiger partial charge on any atom is -0.461 e. The van der Waals surface area contributed by atoms with Crippen molar-refractivity contribution in [3.05, 3.63) is 61.1 Å². The van der Waals surface area contributed by atoms with Gasteiger partial charge in [-0.3, -0.25) is 9.55 Å². The minimum atomic E-state index is 0.228. The van der Waals surface area contributed by atoms with Crippen LogP contribution in [-0.4, -0.2) is 19.7 Å². The lowest BCUT2D eigenvalue weighted by Gasteiger charge is -2.11. The average molecular weight is 312 g/mol. The number of rotatable bonds is 6. The molecule has 0 saturated carbocycles. The molecule has 0 aliphatic heterocycles. The Bertz CT molecular complexity index is 737. The zero-order valence-corrected chi connectivity index (χ0v) is 13.0. The lowest BCUT2D eigenvalue weighted by molar-refractivity contribution is 0.569. The van der Waals surface area contributed by atoms with Gasteiger partial charge in [0.1, 0.15) is 0 Å². The van der Waals surface area contributed by atoms with Crippen molar-refractivity contribution < 1.29 is 4.42 Å². The van der Waals surface area contributed by atoms with Gasteiger partial charge in [0.25, 0.3) is 0 Å². The first-order chi connectivity index (χ1) is 10.8. The van der Waals surface area contributed by atoms with E-state index in [2.05, 4.69) is 34.8 Å². The van der Waals surface area contributed by atoms with Crippen molar-refractivity contribution in [2.24, 2.45) is 0 Å². The Kier molecular flexibility index (Phi) is 4.39. The molecule has 0 amide bonds. The second-order valence-electron chi connectivity index (χ2n) is 4.73. The number of allylic oxidation sites excluding steroid dienone is 1. The maximum atomic E-state index is 5.43. The highest BCUT2D eigenvalue weighted by Gasteiger charge is 2.18. The molecule has 0 fully saturated rings. The maximum Gasteiger partial charge on any atom is 0.200 e. The fraction of sp³-hybridized carbons (Fsp3) is 0.188. The van der Waals surface area contributed by atoms with Crippen LogP contribution in [0.3, 0.4) is 0 Å².